The second kappa shape index (κ2) is 5.58. The number of sulfonamides is 1. The highest BCUT2D eigenvalue weighted by molar-refractivity contribution is 7.90. The van der Waals surface area contributed by atoms with Gasteiger partial charge in [0.05, 0.1) is 9.82 Å². The zero-order valence-electron chi connectivity index (χ0n) is 9.62. The lowest BCUT2D eigenvalue weighted by molar-refractivity contribution is -0.385. The zero-order chi connectivity index (χ0) is 13.8. The van der Waals surface area contributed by atoms with Gasteiger partial charge in [0, 0.05) is 18.6 Å². The predicted octanol–water partition coefficient (Wildman–Crippen LogP) is 1.20. The molecule has 0 atom stereocenters. The van der Waals surface area contributed by atoms with E-state index < -0.39 is 20.9 Å². The molecule has 0 aliphatic carbocycles. The molecule has 1 rings (SSSR count). The SMILES string of the molecule is CCCC(=O)NS(=O)(=O)c1cccc([N+](=O)[O-])c1. The van der Waals surface area contributed by atoms with Gasteiger partial charge in [0.15, 0.2) is 0 Å². The van der Waals surface area contributed by atoms with Gasteiger partial charge in [-0.15, -0.1) is 0 Å². The molecule has 0 aromatic heterocycles. The number of hydrogen-bond donors (Lipinski definition) is 1. The molecule has 0 radical (unpaired) electrons. The summed E-state index contributed by atoms with van der Waals surface area (Å²) < 4.78 is 25.3. The molecule has 0 saturated carbocycles. The Labute approximate surface area is 104 Å². The van der Waals surface area contributed by atoms with Crippen molar-refractivity contribution in [2.24, 2.45) is 0 Å². The van der Waals surface area contributed by atoms with Crippen LogP contribution < -0.4 is 4.72 Å². The highest BCUT2D eigenvalue weighted by Gasteiger charge is 2.19. The predicted molar refractivity (Wildman–Crippen MR) is 63.3 cm³/mol. The van der Waals surface area contributed by atoms with Crippen LogP contribution >= 0.6 is 0 Å². The molecule has 1 amide bonds. The van der Waals surface area contributed by atoms with E-state index in [1.54, 1.807) is 6.92 Å². The van der Waals surface area contributed by atoms with Crippen LogP contribution in [0.15, 0.2) is 29.2 Å². The van der Waals surface area contributed by atoms with Crippen molar-refractivity contribution < 1.29 is 18.1 Å². The fourth-order valence-corrected chi connectivity index (χ4v) is 2.30. The largest absolute Gasteiger partial charge is 0.274 e. The first-order chi connectivity index (χ1) is 8.36. The van der Waals surface area contributed by atoms with Gasteiger partial charge in [0.2, 0.25) is 5.91 Å². The first-order valence-corrected chi connectivity index (χ1v) is 6.65. The number of nitro groups is 1. The fourth-order valence-electron chi connectivity index (χ4n) is 1.25. The van der Waals surface area contributed by atoms with Crippen molar-refractivity contribution in [3.63, 3.8) is 0 Å². The van der Waals surface area contributed by atoms with Crippen molar-refractivity contribution >= 4 is 21.6 Å². The molecule has 0 fully saturated rings. The number of hydrogen-bond acceptors (Lipinski definition) is 5. The smallest absolute Gasteiger partial charge is 0.270 e. The molecule has 0 spiro atoms. The number of nitrogens with zero attached hydrogens (tertiary/aromatic N) is 1. The minimum Gasteiger partial charge on any atom is -0.274 e. The third-order valence-electron chi connectivity index (χ3n) is 2.06. The van der Waals surface area contributed by atoms with Crippen LogP contribution in [-0.4, -0.2) is 19.2 Å². The lowest BCUT2D eigenvalue weighted by atomic mass is 10.3. The van der Waals surface area contributed by atoms with E-state index in [-0.39, 0.29) is 17.0 Å². The quantitative estimate of drug-likeness (QED) is 0.640. The number of benzene rings is 1. The fraction of sp³-hybridized carbons (Fsp3) is 0.300. The number of nitro benzene ring substituents is 1. The number of carbonyl (C=O) groups excluding carboxylic acids is 1. The summed E-state index contributed by atoms with van der Waals surface area (Å²) in [6.45, 7) is 1.74. The molecule has 0 unspecified atom stereocenters. The van der Waals surface area contributed by atoms with Crippen molar-refractivity contribution in [2.75, 3.05) is 0 Å². The van der Waals surface area contributed by atoms with Gasteiger partial charge in [0.1, 0.15) is 0 Å². The summed E-state index contributed by atoms with van der Waals surface area (Å²) in [5, 5.41) is 10.5. The highest BCUT2D eigenvalue weighted by atomic mass is 32.2. The molecule has 0 aliphatic rings. The van der Waals surface area contributed by atoms with E-state index in [1.807, 2.05) is 4.72 Å². The third-order valence-corrected chi connectivity index (χ3v) is 3.43. The Balaban J connectivity index is 3.02. The van der Waals surface area contributed by atoms with E-state index in [4.69, 9.17) is 0 Å². The number of rotatable bonds is 5. The van der Waals surface area contributed by atoms with Crippen LogP contribution in [0.4, 0.5) is 5.69 Å². The van der Waals surface area contributed by atoms with E-state index in [0.29, 0.717) is 6.42 Å². The lowest BCUT2D eigenvalue weighted by Crippen LogP contribution is -2.30. The summed E-state index contributed by atoms with van der Waals surface area (Å²) in [7, 11) is -4.04. The van der Waals surface area contributed by atoms with Gasteiger partial charge in [-0.05, 0) is 12.5 Å². The van der Waals surface area contributed by atoms with E-state index in [1.165, 1.54) is 18.2 Å². The maximum Gasteiger partial charge on any atom is 0.270 e. The van der Waals surface area contributed by atoms with Gasteiger partial charge < -0.3 is 0 Å². The first kappa shape index (κ1) is 14.1. The Morgan fingerprint density at radius 2 is 2.11 bits per heavy atom. The summed E-state index contributed by atoms with van der Waals surface area (Å²) in [6, 6.07) is 4.51. The highest BCUT2D eigenvalue weighted by Crippen LogP contribution is 2.17. The topological polar surface area (TPSA) is 106 Å². The van der Waals surface area contributed by atoms with Crippen LogP contribution in [0.3, 0.4) is 0 Å². The van der Waals surface area contributed by atoms with Gasteiger partial charge in [-0.1, -0.05) is 13.0 Å². The monoisotopic (exact) mass is 272 g/mol. The normalized spacial score (nSPS) is 10.9. The lowest BCUT2D eigenvalue weighted by Gasteiger charge is -2.05. The van der Waals surface area contributed by atoms with Crippen LogP contribution in [0.25, 0.3) is 0 Å². The van der Waals surface area contributed by atoms with E-state index in [9.17, 15) is 23.3 Å². The molecular weight excluding hydrogens is 260 g/mol. The van der Waals surface area contributed by atoms with Gasteiger partial charge in [0.25, 0.3) is 15.7 Å². The van der Waals surface area contributed by atoms with Crippen molar-refractivity contribution in [3.05, 3.63) is 34.4 Å². The summed E-state index contributed by atoms with van der Waals surface area (Å²) in [4.78, 5) is 20.7. The third kappa shape index (κ3) is 3.52. The number of carbonyl (C=O) groups is 1. The van der Waals surface area contributed by atoms with Crippen molar-refractivity contribution in [3.8, 4) is 0 Å². The van der Waals surface area contributed by atoms with E-state index in [2.05, 4.69) is 0 Å². The Morgan fingerprint density at radius 3 is 2.67 bits per heavy atom. The standard InChI is InChI=1S/C10H12N2O5S/c1-2-4-10(13)11-18(16,17)9-6-3-5-8(7-9)12(14)15/h3,5-7H,2,4H2,1H3,(H,11,13). The molecule has 98 valence electrons. The molecular formula is C10H12N2O5S. The van der Waals surface area contributed by atoms with Crippen LogP contribution in [0.5, 0.6) is 0 Å². The van der Waals surface area contributed by atoms with Crippen molar-refractivity contribution in [1.82, 2.24) is 4.72 Å². The molecule has 1 aromatic rings. The summed E-state index contributed by atoms with van der Waals surface area (Å²) >= 11 is 0. The molecule has 0 aliphatic heterocycles. The molecule has 0 saturated heterocycles. The van der Waals surface area contributed by atoms with Crippen LogP contribution in [0.2, 0.25) is 0 Å². The second-order valence-corrected chi connectivity index (χ2v) is 5.22. The summed E-state index contributed by atoms with van der Waals surface area (Å²) in [6.07, 6.45) is 0.588. The number of nitrogens with one attached hydrogen (secondary N) is 1. The average molecular weight is 272 g/mol. The minimum absolute atomic E-state index is 0.0775. The first-order valence-electron chi connectivity index (χ1n) is 5.17. The molecule has 1 aromatic carbocycles. The second-order valence-electron chi connectivity index (χ2n) is 3.53. The Hall–Kier alpha value is -1.96. The molecule has 18 heavy (non-hydrogen) atoms. The summed E-state index contributed by atoms with van der Waals surface area (Å²) in [5.41, 5.74) is -0.346. The zero-order valence-corrected chi connectivity index (χ0v) is 10.4. The van der Waals surface area contributed by atoms with E-state index >= 15 is 0 Å². The number of amides is 1. The van der Waals surface area contributed by atoms with Crippen LogP contribution in [-0.2, 0) is 14.8 Å². The molecule has 0 bridgehead atoms. The Morgan fingerprint density at radius 1 is 1.44 bits per heavy atom. The van der Waals surface area contributed by atoms with Gasteiger partial charge in [-0.3, -0.25) is 14.9 Å². The van der Waals surface area contributed by atoms with Gasteiger partial charge in [-0.2, -0.15) is 0 Å². The van der Waals surface area contributed by atoms with Gasteiger partial charge in [-0.25, -0.2) is 13.1 Å². The van der Waals surface area contributed by atoms with Crippen molar-refractivity contribution in [2.45, 2.75) is 24.7 Å². The van der Waals surface area contributed by atoms with Gasteiger partial charge >= 0.3 is 0 Å². The maximum absolute atomic E-state index is 11.7. The van der Waals surface area contributed by atoms with Crippen LogP contribution in [0.1, 0.15) is 19.8 Å². The Bertz CT molecular complexity index is 567. The van der Waals surface area contributed by atoms with Crippen LogP contribution in [0, 0.1) is 10.1 Å². The molecule has 0 heterocycles. The number of non-ortho nitro benzene ring substituents is 1. The minimum atomic E-state index is -4.04. The Kier molecular flexibility index (Phi) is 4.38. The summed E-state index contributed by atoms with van der Waals surface area (Å²) in [5.74, 6) is -0.635. The van der Waals surface area contributed by atoms with Crippen molar-refractivity contribution in [1.29, 1.82) is 0 Å². The molecule has 7 nitrogen and oxygen atoms in total. The molecule has 1 N–H and O–H groups in total. The maximum atomic E-state index is 11.7. The molecule has 8 heteroatoms. The van der Waals surface area contributed by atoms with E-state index in [0.717, 1.165) is 6.07 Å². The average Bonchev–Trinajstić information content (AvgIpc) is 2.28.